The second kappa shape index (κ2) is 9.67. The second-order valence-electron chi connectivity index (χ2n) is 8.47. The van der Waals surface area contributed by atoms with Crippen molar-refractivity contribution in [1.29, 1.82) is 0 Å². The fourth-order valence-corrected chi connectivity index (χ4v) is 4.40. The van der Waals surface area contributed by atoms with Crippen LogP contribution >= 0.6 is 0 Å². The number of hydrogen-bond acceptors (Lipinski definition) is 6. The Morgan fingerprint density at radius 1 is 1.00 bits per heavy atom. The highest BCUT2D eigenvalue weighted by Gasteiger charge is 2.20. The number of methoxy groups -OCH3 is 1. The number of hydrogen-bond donors (Lipinski definition) is 1. The molecule has 0 aliphatic rings. The Morgan fingerprint density at radius 3 is 2.53 bits per heavy atom. The minimum Gasteiger partial charge on any atom is -0.497 e. The van der Waals surface area contributed by atoms with Gasteiger partial charge in [0.05, 0.1) is 12.6 Å². The topological polar surface area (TPSA) is 101 Å². The van der Waals surface area contributed by atoms with Gasteiger partial charge in [-0.1, -0.05) is 36.4 Å². The van der Waals surface area contributed by atoms with E-state index in [9.17, 15) is 9.59 Å². The van der Waals surface area contributed by atoms with E-state index in [0.29, 0.717) is 35.4 Å². The molecule has 3 aromatic carbocycles. The summed E-state index contributed by atoms with van der Waals surface area (Å²) in [5, 5.41) is 0.811. The molecule has 5 aromatic rings. The summed E-state index contributed by atoms with van der Waals surface area (Å²) in [5.41, 5.74) is 9.74. The van der Waals surface area contributed by atoms with Crippen molar-refractivity contribution in [3.8, 4) is 28.1 Å². The highest BCUT2D eigenvalue weighted by atomic mass is 16.7. The molecule has 0 aliphatic carbocycles. The standard InChI is InChI=1S/C28H26N4O4/c1-18(33)36-32-26-15-20(19-7-4-3-5-8-19)9-11-24(26)30-27(28(32)34)23-17-31(14-6-13-29)25-12-10-21(35-2)16-22(23)25/h3-5,7-12,15-17H,6,13-14,29H2,1-2H3. The Labute approximate surface area is 207 Å². The number of nitrogens with two attached hydrogens (primary N) is 1. The molecule has 0 unspecified atom stereocenters. The summed E-state index contributed by atoms with van der Waals surface area (Å²) < 4.78 is 8.52. The van der Waals surface area contributed by atoms with E-state index in [1.807, 2.05) is 66.9 Å². The average molecular weight is 483 g/mol. The van der Waals surface area contributed by atoms with Gasteiger partial charge in [0.1, 0.15) is 17.0 Å². The first-order chi connectivity index (χ1) is 17.5. The summed E-state index contributed by atoms with van der Waals surface area (Å²) in [7, 11) is 1.60. The number of benzene rings is 3. The molecule has 0 amide bonds. The van der Waals surface area contributed by atoms with E-state index in [-0.39, 0.29) is 5.69 Å². The van der Waals surface area contributed by atoms with Crippen LogP contribution in [0.4, 0.5) is 0 Å². The van der Waals surface area contributed by atoms with Gasteiger partial charge in [-0.15, -0.1) is 4.73 Å². The second-order valence-corrected chi connectivity index (χ2v) is 8.47. The van der Waals surface area contributed by atoms with E-state index >= 15 is 0 Å². The van der Waals surface area contributed by atoms with Gasteiger partial charge >= 0.3 is 11.5 Å². The van der Waals surface area contributed by atoms with Crippen molar-refractivity contribution >= 4 is 27.9 Å². The molecule has 36 heavy (non-hydrogen) atoms. The lowest BCUT2D eigenvalue weighted by atomic mass is 10.0. The van der Waals surface area contributed by atoms with Gasteiger partial charge in [-0.05, 0) is 54.4 Å². The molecule has 0 fully saturated rings. The Kier molecular flexibility index (Phi) is 6.26. The van der Waals surface area contributed by atoms with E-state index in [1.165, 1.54) is 6.92 Å². The van der Waals surface area contributed by atoms with Gasteiger partial charge in [0.2, 0.25) is 0 Å². The molecule has 0 saturated heterocycles. The van der Waals surface area contributed by atoms with Gasteiger partial charge < -0.3 is 19.9 Å². The maximum atomic E-state index is 13.8. The molecular formula is C28H26N4O4. The summed E-state index contributed by atoms with van der Waals surface area (Å²) >= 11 is 0. The lowest BCUT2D eigenvalue weighted by Crippen LogP contribution is -2.31. The van der Waals surface area contributed by atoms with E-state index in [0.717, 1.165) is 33.2 Å². The molecule has 0 bridgehead atoms. The van der Waals surface area contributed by atoms with Crippen LogP contribution in [0.15, 0.2) is 77.7 Å². The zero-order chi connectivity index (χ0) is 25.2. The van der Waals surface area contributed by atoms with Crippen LogP contribution in [0.1, 0.15) is 13.3 Å². The fraction of sp³-hybridized carbons (Fsp3) is 0.179. The molecule has 5 rings (SSSR count). The van der Waals surface area contributed by atoms with Crippen LogP contribution in [0.3, 0.4) is 0 Å². The number of aromatic nitrogens is 3. The third-order valence-electron chi connectivity index (χ3n) is 6.09. The van der Waals surface area contributed by atoms with Crippen molar-refractivity contribution in [2.75, 3.05) is 13.7 Å². The first-order valence-corrected chi connectivity index (χ1v) is 11.7. The van der Waals surface area contributed by atoms with Crippen LogP contribution in [-0.2, 0) is 11.3 Å². The van der Waals surface area contributed by atoms with Crippen LogP contribution in [0.2, 0.25) is 0 Å². The smallest absolute Gasteiger partial charge is 0.330 e. The molecule has 0 atom stereocenters. The Hall–Kier alpha value is -4.43. The number of aryl methyl sites for hydroxylation is 1. The molecule has 0 aliphatic heterocycles. The zero-order valence-electron chi connectivity index (χ0n) is 20.1. The highest BCUT2D eigenvalue weighted by molar-refractivity contribution is 5.97. The maximum absolute atomic E-state index is 13.8. The summed E-state index contributed by atoms with van der Waals surface area (Å²) in [4.78, 5) is 35.9. The van der Waals surface area contributed by atoms with Crippen molar-refractivity contribution in [1.82, 2.24) is 14.3 Å². The van der Waals surface area contributed by atoms with Gasteiger partial charge in [-0.25, -0.2) is 9.78 Å². The van der Waals surface area contributed by atoms with Gasteiger partial charge in [-0.2, -0.15) is 0 Å². The third-order valence-corrected chi connectivity index (χ3v) is 6.09. The number of fused-ring (bicyclic) bond motifs is 2. The monoisotopic (exact) mass is 482 g/mol. The Balaban J connectivity index is 1.77. The molecule has 182 valence electrons. The predicted octanol–water partition coefficient (Wildman–Crippen LogP) is 4.02. The number of nitrogens with zero attached hydrogens (tertiary/aromatic N) is 3. The number of carbonyl (C=O) groups excluding carboxylic acids is 1. The molecule has 2 heterocycles. The van der Waals surface area contributed by atoms with Crippen LogP contribution in [0, 0.1) is 0 Å². The van der Waals surface area contributed by atoms with Crippen molar-refractivity contribution in [3.05, 3.63) is 83.3 Å². The van der Waals surface area contributed by atoms with Gasteiger partial charge in [0.25, 0.3) is 0 Å². The lowest BCUT2D eigenvalue weighted by Gasteiger charge is -2.12. The third kappa shape index (κ3) is 4.23. The Morgan fingerprint density at radius 2 is 1.81 bits per heavy atom. The first-order valence-electron chi connectivity index (χ1n) is 11.7. The summed E-state index contributed by atoms with van der Waals surface area (Å²) in [6.45, 7) is 2.50. The summed E-state index contributed by atoms with van der Waals surface area (Å²) in [6.07, 6.45) is 2.67. The minimum atomic E-state index is -0.604. The first kappa shape index (κ1) is 23.3. The molecule has 8 nitrogen and oxygen atoms in total. The molecule has 0 radical (unpaired) electrons. The van der Waals surface area contributed by atoms with Crippen molar-refractivity contribution in [2.45, 2.75) is 19.9 Å². The zero-order valence-corrected chi connectivity index (χ0v) is 20.1. The predicted molar refractivity (Wildman–Crippen MR) is 140 cm³/mol. The Bertz CT molecular complexity index is 1640. The molecule has 8 heteroatoms. The average Bonchev–Trinajstić information content (AvgIpc) is 3.26. The van der Waals surface area contributed by atoms with Gasteiger partial charge in [0, 0.05) is 36.1 Å². The SMILES string of the molecule is COc1ccc2c(c1)c(-c1nc3ccc(-c4ccccc4)cc3n(OC(C)=O)c1=O)cn2CCCN. The fourth-order valence-electron chi connectivity index (χ4n) is 4.40. The van der Waals surface area contributed by atoms with Crippen LogP contribution in [0.5, 0.6) is 5.75 Å². The van der Waals surface area contributed by atoms with Crippen LogP contribution in [-0.4, -0.2) is 33.9 Å². The van der Waals surface area contributed by atoms with Crippen molar-refractivity contribution in [2.24, 2.45) is 5.73 Å². The van der Waals surface area contributed by atoms with Crippen LogP contribution < -0.4 is 20.9 Å². The lowest BCUT2D eigenvalue weighted by molar-refractivity contribution is -0.141. The molecule has 2 aromatic heterocycles. The van der Waals surface area contributed by atoms with Gasteiger partial charge in [-0.3, -0.25) is 4.79 Å². The largest absolute Gasteiger partial charge is 0.497 e. The van der Waals surface area contributed by atoms with E-state index < -0.39 is 11.5 Å². The summed E-state index contributed by atoms with van der Waals surface area (Å²) in [6, 6.07) is 21.0. The normalized spacial score (nSPS) is 11.2. The van der Waals surface area contributed by atoms with Gasteiger partial charge in [0.15, 0.2) is 0 Å². The van der Waals surface area contributed by atoms with E-state index in [4.69, 9.17) is 20.3 Å². The minimum absolute atomic E-state index is 0.181. The van der Waals surface area contributed by atoms with E-state index in [1.54, 1.807) is 13.2 Å². The molecular weight excluding hydrogens is 456 g/mol. The van der Waals surface area contributed by atoms with Crippen molar-refractivity contribution < 1.29 is 14.4 Å². The van der Waals surface area contributed by atoms with Crippen molar-refractivity contribution in [3.63, 3.8) is 0 Å². The number of rotatable bonds is 7. The molecule has 0 saturated carbocycles. The number of ether oxygens (including phenoxy) is 1. The number of carbonyl (C=O) groups is 1. The highest BCUT2D eigenvalue weighted by Crippen LogP contribution is 2.32. The molecule has 2 N–H and O–H groups in total. The van der Waals surface area contributed by atoms with E-state index in [2.05, 4.69) is 4.57 Å². The summed E-state index contributed by atoms with van der Waals surface area (Å²) in [5.74, 6) is 0.0571. The quantitative estimate of drug-likeness (QED) is 0.376. The molecule has 0 spiro atoms. The van der Waals surface area contributed by atoms with Crippen LogP contribution in [0.25, 0.3) is 44.3 Å². The maximum Gasteiger partial charge on any atom is 0.330 e.